The molecule has 0 amide bonds. The van der Waals surface area contributed by atoms with E-state index in [1.165, 1.54) is 0 Å². The summed E-state index contributed by atoms with van der Waals surface area (Å²) >= 11 is 0. The fraction of sp³-hybridized carbons (Fsp3) is 0.667. The Morgan fingerprint density at radius 1 is 1.00 bits per heavy atom. The minimum atomic E-state index is 0.521. The van der Waals surface area contributed by atoms with E-state index < -0.39 is 0 Å². The number of hydrogen-bond acceptors (Lipinski definition) is 4. The Morgan fingerprint density at radius 2 is 1.50 bits per heavy atom. The predicted molar refractivity (Wildman–Crippen MR) is 36.9 cm³/mol. The fourth-order valence-corrected chi connectivity index (χ4v) is 1.08. The van der Waals surface area contributed by atoms with E-state index >= 15 is 0 Å². The van der Waals surface area contributed by atoms with Crippen molar-refractivity contribution in [3.8, 4) is 0 Å². The van der Waals surface area contributed by atoms with Gasteiger partial charge in [0.25, 0.3) is 0 Å². The molecule has 4 heteroatoms. The highest BCUT2D eigenvalue weighted by molar-refractivity contribution is 6.05. The minimum Gasteiger partial charge on any atom is -0.411 e. The topological polar surface area (TPSA) is 65.2 Å². The molecule has 0 saturated heterocycles. The first-order valence-corrected chi connectivity index (χ1v) is 3.26. The monoisotopic (exact) mass is 142 g/mol. The van der Waals surface area contributed by atoms with E-state index in [1.807, 2.05) is 0 Å². The van der Waals surface area contributed by atoms with Gasteiger partial charge in [-0.2, -0.15) is 0 Å². The number of rotatable bonds is 0. The summed E-state index contributed by atoms with van der Waals surface area (Å²) < 4.78 is 0. The Bertz CT molecular complexity index is 157. The Balaban J connectivity index is 2.56. The zero-order chi connectivity index (χ0) is 7.40. The maximum atomic E-state index is 8.36. The van der Waals surface area contributed by atoms with Gasteiger partial charge in [-0.25, -0.2) is 0 Å². The lowest BCUT2D eigenvalue weighted by Crippen LogP contribution is -2.14. The van der Waals surface area contributed by atoms with Crippen molar-refractivity contribution in [1.29, 1.82) is 0 Å². The van der Waals surface area contributed by atoms with E-state index in [2.05, 4.69) is 10.3 Å². The Kier molecular flexibility index (Phi) is 2.25. The van der Waals surface area contributed by atoms with Crippen LogP contribution in [0.15, 0.2) is 10.3 Å². The first-order valence-electron chi connectivity index (χ1n) is 3.26. The van der Waals surface area contributed by atoms with Gasteiger partial charge in [-0.1, -0.05) is 10.3 Å². The van der Waals surface area contributed by atoms with Crippen molar-refractivity contribution >= 4 is 11.4 Å². The summed E-state index contributed by atoms with van der Waals surface area (Å²) in [6.07, 6.45) is 3.07. The van der Waals surface area contributed by atoms with Gasteiger partial charge < -0.3 is 10.4 Å². The zero-order valence-electron chi connectivity index (χ0n) is 5.62. The van der Waals surface area contributed by atoms with Crippen LogP contribution >= 0.6 is 0 Å². The molecule has 0 aromatic carbocycles. The van der Waals surface area contributed by atoms with Crippen LogP contribution in [0.2, 0.25) is 0 Å². The number of hydrogen-bond donors (Lipinski definition) is 2. The van der Waals surface area contributed by atoms with Crippen molar-refractivity contribution in [2.45, 2.75) is 25.7 Å². The molecule has 0 radical (unpaired) electrons. The smallest absolute Gasteiger partial charge is 0.0628 e. The van der Waals surface area contributed by atoms with E-state index in [0.29, 0.717) is 17.8 Å². The molecule has 1 saturated carbocycles. The highest BCUT2D eigenvalue weighted by Crippen LogP contribution is 2.12. The first-order chi connectivity index (χ1) is 4.86. The van der Waals surface area contributed by atoms with Gasteiger partial charge >= 0.3 is 0 Å². The van der Waals surface area contributed by atoms with E-state index in [-0.39, 0.29) is 0 Å². The van der Waals surface area contributed by atoms with Gasteiger partial charge in [0.05, 0.1) is 11.4 Å². The first kappa shape index (κ1) is 7.05. The van der Waals surface area contributed by atoms with Crippen LogP contribution in [0.5, 0.6) is 0 Å². The fourth-order valence-electron chi connectivity index (χ4n) is 1.08. The van der Waals surface area contributed by atoms with Crippen LogP contribution in [0.3, 0.4) is 0 Å². The molecule has 0 aliphatic heterocycles. The third-order valence-corrected chi connectivity index (χ3v) is 1.62. The second-order valence-electron chi connectivity index (χ2n) is 2.36. The molecule has 0 unspecified atom stereocenters. The lowest BCUT2D eigenvalue weighted by atomic mass is 9.97. The van der Waals surface area contributed by atoms with Gasteiger partial charge in [0.2, 0.25) is 0 Å². The maximum Gasteiger partial charge on any atom is 0.0628 e. The van der Waals surface area contributed by atoms with Gasteiger partial charge in [-0.05, 0) is 19.3 Å². The maximum absolute atomic E-state index is 8.36. The molecule has 0 atom stereocenters. The average molecular weight is 142 g/mol. The Morgan fingerprint density at radius 3 is 1.90 bits per heavy atom. The van der Waals surface area contributed by atoms with Crippen molar-refractivity contribution in [1.82, 2.24) is 0 Å². The van der Waals surface area contributed by atoms with Crippen molar-refractivity contribution in [3.63, 3.8) is 0 Å². The molecule has 0 aromatic rings. The molecule has 0 spiro atoms. The molecule has 1 aliphatic carbocycles. The van der Waals surface area contributed by atoms with E-state index in [1.54, 1.807) is 0 Å². The summed E-state index contributed by atoms with van der Waals surface area (Å²) in [6, 6.07) is 0. The molecule has 0 heterocycles. The van der Waals surface area contributed by atoms with Crippen LogP contribution in [-0.2, 0) is 0 Å². The van der Waals surface area contributed by atoms with Gasteiger partial charge in [-0.15, -0.1) is 0 Å². The van der Waals surface area contributed by atoms with E-state index in [4.69, 9.17) is 10.4 Å². The van der Waals surface area contributed by atoms with E-state index in [0.717, 1.165) is 19.3 Å². The molecule has 0 aromatic heterocycles. The summed E-state index contributed by atoms with van der Waals surface area (Å²) in [6.45, 7) is 0. The lowest BCUT2D eigenvalue weighted by Gasteiger charge is -2.11. The van der Waals surface area contributed by atoms with E-state index in [9.17, 15) is 0 Å². The average Bonchev–Trinajstić information content (AvgIpc) is 2.05. The summed E-state index contributed by atoms with van der Waals surface area (Å²) in [5.74, 6) is 0. The largest absolute Gasteiger partial charge is 0.411 e. The van der Waals surface area contributed by atoms with Gasteiger partial charge in [0, 0.05) is 6.42 Å². The molecular weight excluding hydrogens is 132 g/mol. The van der Waals surface area contributed by atoms with Crippen molar-refractivity contribution < 1.29 is 10.4 Å². The standard InChI is InChI=1S/C6H10N2O2/c9-7-5-2-1-3-6(4-5)8-10/h9-10H,1-4H2/b7-5-,8-6-. The summed E-state index contributed by atoms with van der Waals surface area (Å²) in [5, 5.41) is 22.9. The molecule has 1 rings (SSSR count). The van der Waals surface area contributed by atoms with Crippen LogP contribution in [0.1, 0.15) is 25.7 Å². The number of oxime groups is 2. The predicted octanol–water partition coefficient (Wildman–Crippen LogP) is 1.22. The van der Waals surface area contributed by atoms with Gasteiger partial charge in [0.15, 0.2) is 0 Å². The normalized spacial score (nSPS) is 27.6. The lowest BCUT2D eigenvalue weighted by molar-refractivity contribution is 0.311. The molecule has 1 aliphatic rings. The third-order valence-electron chi connectivity index (χ3n) is 1.62. The molecular formula is C6H10N2O2. The second kappa shape index (κ2) is 3.20. The van der Waals surface area contributed by atoms with Crippen LogP contribution in [0.25, 0.3) is 0 Å². The van der Waals surface area contributed by atoms with Crippen LogP contribution in [0.4, 0.5) is 0 Å². The van der Waals surface area contributed by atoms with Gasteiger partial charge in [-0.3, -0.25) is 0 Å². The highest BCUT2D eigenvalue weighted by Gasteiger charge is 2.13. The molecule has 2 N–H and O–H groups in total. The highest BCUT2D eigenvalue weighted by atomic mass is 16.4. The Labute approximate surface area is 58.8 Å². The minimum absolute atomic E-state index is 0.521. The third kappa shape index (κ3) is 1.46. The molecule has 10 heavy (non-hydrogen) atoms. The molecule has 56 valence electrons. The summed E-state index contributed by atoms with van der Waals surface area (Å²) in [4.78, 5) is 0. The van der Waals surface area contributed by atoms with Gasteiger partial charge in [0.1, 0.15) is 0 Å². The molecule has 4 nitrogen and oxygen atoms in total. The van der Waals surface area contributed by atoms with Crippen molar-refractivity contribution in [2.24, 2.45) is 10.3 Å². The van der Waals surface area contributed by atoms with Crippen molar-refractivity contribution in [3.05, 3.63) is 0 Å². The second-order valence-corrected chi connectivity index (χ2v) is 2.36. The summed E-state index contributed by atoms with van der Waals surface area (Å²) in [7, 11) is 0. The summed E-state index contributed by atoms with van der Waals surface area (Å²) in [5.41, 5.74) is 1.41. The van der Waals surface area contributed by atoms with Crippen molar-refractivity contribution in [2.75, 3.05) is 0 Å². The molecule has 1 fully saturated rings. The number of nitrogens with zero attached hydrogens (tertiary/aromatic N) is 2. The van der Waals surface area contributed by atoms with Crippen LogP contribution in [0, 0.1) is 0 Å². The van der Waals surface area contributed by atoms with Crippen LogP contribution < -0.4 is 0 Å². The SMILES string of the molecule is O/N=C1/CCC/C(=N/O)C1. The van der Waals surface area contributed by atoms with Crippen LogP contribution in [-0.4, -0.2) is 21.8 Å². The Hall–Kier alpha value is -1.06. The molecule has 0 bridgehead atoms. The zero-order valence-corrected chi connectivity index (χ0v) is 5.62. The quantitative estimate of drug-likeness (QED) is 0.394.